The van der Waals surface area contributed by atoms with Crippen molar-refractivity contribution in [1.29, 1.82) is 0 Å². The molecule has 0 aromatic heterocycles. The second-order valence-electron chi connectivity index (χ2n) is 4.14. The highest BCUT2D eigenvalue weighted by molar-refractivity contribution is 5.85. The van der Waals surface area contributed by atoms with Crippen molar-refractivity contribution in [2.75, 3.05) is 19.8 Å². The van der Waals surface area contributed by atoms with Crippen molar-refractivity contribution in [2.45, 2.75) is 31.5 Å². The summed E-state index contributed by atoms with van der Waals surface area (Å²) in [5.41, 5.74) is 0. The van der Waals surface area contributed by atoms with Gasteiger partial charge in [-0.2, -0.15) is 0 Å². The van der Waals surface area contributed by atoms with Gasteiger partial charge in [0, 0.05) is 0 Å². The molecule has 2 rings (SSSR count). The Morgan fingerprint density at radius 3 is 2.94 bits per heavy atom. The van der Waals surface area contributed by atoms with E-state index in [0.29, 0.717) is 0 Å². The van der Waals surface area contributed by atoms with E-state index in [1.165, 1.54) is 4.90 Å². The molecule has 2 N–H and O–H groups in total. The number of piperidine rings is 1. The minimum atomic E-state index is -1.000. The molecular formula is C10H16N2O4. The van der Waals surface area contributed by atoms with E-state index in [-0.39, 0.29) is 25.3 Å². The van der Waals surface area contributed by atoms with Crippen molar-refractivity contribution < 1.29 is 19.4 Å². The van der Waals surface area contributed by atoms with Crippen molar-refractivity contribution in [2.24, 2.45) is 0 Å². The highest BCUT2D eigenvalue weighted by atomic mass is 16.5. The number of nitrogens with one attached hydrogen (secondary N) is 1. The molecule has 16 heavy (non-hydrogen) atoms. The summed E-state index contributed by atoms with van der Waals surface area (Å²) in [6.07, 6.45) is 2.77. The van der Waals surface area contributed by atoms with Crippen molar-refractivity contribution in [3.63, 3.8) is 0 Å². The van der Waals surface area contributed by atoms with Crippen molar-refractivity contribution in [3.8, 4) is 0 Å². The minimum absolute atomic E-state index is 0.0119. The lowest BCUT2D eigenvalue weighted by Gasteiger charge is -2.40. The molecule has 2 unspecified atom stereocenters. The van der Waals surface area contributed by atoms with Gasteiger partial charge >= 0.3 is 5.97 Å². The third-order valence-electron chi connectivity index (χ3n) is 3.03. The van der Waals surface area contributed by atoms with E-state index < -0.39 is 12.0 Å². The van der Waals surface area contributed by atoms with Gasteiger partial charge in [0.25, 0.3) is 5.91 Å². The summed E-state index contributed by atoms with van der Waals surface area (Å²) in [7, 11) is 0. The smallest absolute Gasteiger partial charge is 0.328 e. The van der Waals surface area contributed by atoms with Crippen LogP contribution in [0, 0.1) is 0 Å². The molecule has 2 aliphatic heterocycles. The maximum absolute atomic E-state index is 11.7. The number of carboxylic acids is 1. The summed E-state index contributed by atoms with van der Waals surface area (Å²) in [6.45, 7) is 0.906. The van der Waals surface area contributed by atoms with E-state index in [9.17, 15) is 9.59 Å². The normalized spacial score (nSPS) is 31.5. The number of rotatable bonds is 2. The van der Waals surface area contributed by atoms with Crippen LogP contribution in [0.3, 0.4) is 0 Å². The molecule has 0 spiro atoms. The summed E-state index contributed by atoms with van der Waals surface area (Å²) in [6, 6.07) is -0.850. The van der Waals surface area contributed by atoms with Gasteiger partial charge < -0.3 is 14.7 Å². The Morgan fingerprint density at radius 1 is 1.50 bits per heavy atom. The van der Waals surface area contributed by atoms with Crippen LogP contribution >= 0.6 is 0 Å². The lowest BCUT2D eigenvalue weighted by molar-refractivity contribution is -0.167. The van der Waals surface area contributed by atoms with Gasteiger partial charge in [-0.15, -0.1) is 0 Å². The molecule has 0 saturated carbocycles. The van der Waals surface area contributed by atoms with Crippen LogP contribution in [0.25, 0.3) is 0 Å². The van der Waals surface area contributed by atoms with Gasteiger partial charge in [-0.1, -0.05) is 0 Å². The molecule has 2 atom stereocenters. The van der Waals surface area contributed by atoms with Crippen LogP contribution in [0.5, 0.6) is 0 Å². The molecule has 2 saturated heterocycles. The molecular weight excluding hydrogens is 212 g/mol. The summed E-state index contributed by atoms with van der Waals surface area (Å²) in [5.74, 6) is -1.24. The van der Waals surface area contributed by atoms with Crippen molar-refractivity contribution in [3.05, 3.63) is 0 Å². The summed E-state index contributed by atoms with van der Waals surface area (Å²) in [4.78, 5) is 24.2. The average molecular weight is 228 g/mol. The van der Waals surface area contributed by atoms with Crippen LogP contribution in [-0.2, 0) is 14.3 Å². The number of ether oxygens (including phenoxy) is 1. The number of aliphatic carboxylic acids is 1. The first kappa shape index (κ1) is 11.3. The Bertz CT molecular complexity index is 289. The number of carbonyl (C=O) groups excluding carboxylic acids is 1. The van der Waals surface area contributed by atoms with Crippen LogP contribution in [0.4, 0.5) is 0 Å². The van der Waals surface area contributed by atoms with E-state index in [2.05, 4.69) is 5.32 Å². The van der Waals surface area contributed by atoms with Crippen LogP contribution in [0.15, 0.2) is 0 Å². The molecule has 1 amide bonds. The van der Waals surface area contributed by atoms with Crippen LogP contribution < -0.4 is 5.32 Å². The molecule has 2 fully saturated rings. The van der Waals surface area contributed by atoms with Gasteiger partial charge in [-0.05, 0) is 25.8 Å². The van der Waals surface area contributed by atoms with Gasteiger partial charge in [0.1, 0.15) is 6.61 Å². The fourth-order valence-electron chi connectivity index (χ4n) is 2.24. The first-order valence-electron chi connectivity index (χ1n) is 5.55. The monoisotopic (exact) mass is 228 g/mol. The Morgan fingerprint density at radius 2 is 2.31 bits per heavy atom. The van der Waals surface area contributed by atoms with E-state index in [1.807, 2.05) is 0 Å². The van der Waals surface area contributed by atoms with Gasteiger partial charge in [0.2, 0.25) is 0 Å². The average Bonchev–Trinajstić information content (AvgIpc) is 2.29. The number of nitrogens with zero attached hydrogens (tertiary/aromatic N) is 1. The summed E-state index contributed by atoms with van der Waals surface area (Å²) in [5, 5.41) is 12.2. The highest BCUT2D eigenvalue weighted by Crippen LogP contribution is 2.18. The third-order valence-corrected chi connectivity index (χ3v) is 3.03. The zero-order valence-corrected chi connectivity index (χ0v) is 9.02. The Labute approximate surface area is 93.6 Å². The number of hydrogen-bond acceptors (Lipinski definition) is 4. The molecule has 2 aliphatic rings. The number of amides is 1. The maximum atomic E-state index is 11.7. The zero-order valence-electron chi connectivity index (χ0n) is 9.02. The molecule has 0 aromatic carbocycles. The Kier molecular flexibility index (Phi) is 3.40. The predicted octanol–water partition coefficient (Wildman–Crippen LogP) is -0.602. The molecule has 6 heteroatoms. The van der Waals surface area contributed by atoms with Gasteiger partial charge in [-0.25, -0.2) is 4.79 Å². The molecule has 0 bridgehead atoms. The van der Waals surface area contributed by atoms with Gasteiger partial charge in [0.15, 0.2) is 6.04 Å². The van der Waals surface area contributed by atoms with Crippen LogP contribution in [-0.4, -0.2) is 53.8 Å². The number of hydrogen-bond donors (Lipinski definition) is 2. The summed E-state index contributed by atoms with van der Waals surface area (Å²) >= 11 is 0. The largest absolute Gasteiger partial charge is 0.480 e. The van der Waals surface area contributed by atoms with E-state index in [4.69, 9.17) is 9.84 Å². The van der Waals surface area contributed by atoms with Crippen LogP contribution in [0.2, 0.25) is 0 Å². The van der Waals surface area contributed by atoms with E-state index in [0.717, 1.165) is 25.8 Å². The first-order valence-corrected chi connectivity index (χ1v) is 5.55. The molecule has 0 aliphatic carbocycles. The minimum Gasteiger partial charge on any atom is -0.480 e. The standard InChI is InChI=1S/C10H16N2O4/c13-9-6-16-5-7(10(14)15)12(9)8-3-1-2-4-11-8/h7-8,11H,1-6H2,(H,14,15). The fourth-order valence-corrected chi connectivity index (χ4v) is 2.24. The number of carboxylic acid groups (broad SMARTS) is 1. The number of morpholine rings is 1. The Hall–Kier alpha value is -1.14. The molecule has 6 nitrogen and oxygen atoms in total. The summed E-state index contributed by atoms with van der Waals surface area (Å²) < 4.78 is 4.98. The fraction of sp³-hybridized carbons (Fsp3) is 0.800. The quantitative estimate of drug-likeness (QED) is 0.659. The lowest BCUT2D eigenvalue weighted by Crippen LogP contribution is -2.62. The third kappa shape index (κ3) is 2.17. The maximum Gasteiger partial charge on any atom is 0.328 e. The van der Waals surface area contributed by atoms with E-state index >= 15 is 0 Å². The second kappa shape index (κ2) is 4.80. The van der Waals surface area contributed by atoms with E-state index in [1.54, 1.807) is 0 Å². The van der Waals surface area contributed by atoms with Crippen molar-refractivity contribution in [1.82, 2.24) is 10.2 Å². The highest BCUT2D eigenvalue weighted by Gasteiger charge is 2.38. The van der Waals surface area contributed by atoms with Crippen LogP contribution in [0.1, 0.15) is 19.3 Å². The molecule has 90 valence electrons. The van der Waals surface area contributed by atoms with Gasteiger partial charge in [-0.3, -0.25) is 10.1 Å². The lowest BCUT2D eigenvalue weighted by atomic mass is 10.1. The Balaban J connectivity index is 2.11. The zero-order chi connectivity index (χ0) is 11.5. The molecule has 0 aromatic rings. The van der Waals surface area contributed by atoms with Crippen molar-refractivity contribution >= 4 is 11.9 Å². The topological polar surface area (TPSA) is 78.9 Å². The molecule has 0 radical (unpaired) electrons. The first-order chi connectivity index (χ1) is 7.70. The molecule has 2 heterocycles. The predicted molar refractivity (Wildman–Crippen MR) is 54.7 cm³/mol. The number of carbonyl (C=O) groups is 2. The van der Waals surface area contributed by atoms with Gasteiger partial charge in [0.05, 0.1) is 12.8 Å². The second-order valence-corrected chi connectivity index (χ2v) is 4.14. The SMILES string of the molecule is O=C(O)C1COCC(=O)N1C1CCCCN1.